The van der Waals surface area contributed by atoms with Crippen molar-refractivity contribution in [2.24, 2.45) is 35.5 Å². The fourth-order valence-corrected chi connectivity index (χ4v) is 10.6. The van der Waals surface area contributed by atoms with E-state index in [0.717, 1.165) is 18.4 Å². The number of cyclic esters (lactones) is 1. The van der Waals surface area contributed by atoms with Gasteiger partial charge in [0.05, 0.1) is 24.4 Å². The summed E-state index contributed by atoms with van der Waals surface area (Å²) in [4.78, 5) is 72.2. The molecular formula is C54H85NO14. The summed E-state index contributed by atoms with van der Waals surface area (Å²) in [5.74, 6) is -7.92. The van der Waals surface area contributed by atoms with Gasteiger partial charge in [-0.25, -0.2) is 4.79 Å². The summed E-state index contributed by atoms with van der Waals surface area (Å²) in [5.41, 5.74) is 1.27. The van der Waals surface area contributed by atoms with E-state index in [1.54, 1.807) is 41.1 Å². The molecule has 3 fully saturated rings. The number of aliphatic hydroxyl groups excluding tert-OH is 2. The Morgan fingerprint density at radius 3 is 2.28 bits per heavy atom. The molecule has 0 aromatic rings. The minimum Gasteiger partial charge on any atom is -0.460 e. The number of ether oxygens (including phenoxy) is 6. The molecule has 2 unspecified atom stereocenters. The molecule has 0 aromatic carbocycles. The summed E-state index contributed by atoms with van der Waals surface area (Å²) in [6.07, 6.45) is 12.7. The largest absolute Gasteiger partial charge is 0.460 e. The van der Waals surface area contributed by atoms with Crippen molar-refractivity contribution >= 4 is 29.2 Å². The van der Waals surface area contributed by atoms with Gasteiger partial charge in [-0.2, -0.15) is 0 Å². The first-order valence-corrected chi connectivity index (χ1v) is 25.5. The molecule has 15 atom stereocenters. The summed E-state index contributed by atoms with van der Waals surface area (Å²) < 4.78 is 35.8. The van der Waals surface area contributed by atoms with Crippen molar-refractivity contribution in [2.45, 2.75) is 186 Å². The first-order chi connectivity index (χ1) is 32.8. The Labute approximate surface area is 411 Å². The Hall–Kier alpha value is -3.41. The van der Waals surface area contributed by atoms with Crippen LogP contribution in [-0.2, 0) is 52.4 Å². The van der Waals surface area contributed by atoms with Gasteiger partial charge in [0, 0.05) is 71.7 Å². The number of hydrogen-bond donors (Lipinski definition) is 3. The van der Waals surface area contributed by atoms with Crippen LogP contribution in [0.15, 0.2) is 47.6 Å². The van der Waals surface area contributed by atoms with Crippen molar-refractivity contribution in [2.75, 3.05) is 41.1 Å². The van der Waals surface area contributed by atoms with Crippen LogP contribution in [0.4, 0.5) is 0 Å². The van der Waals surface area contributed by atoms with Gasteiger partial charge in [-0.15, -0.1) is 0 Å². The molecule has 0 spiro atoms. The maximum Gasteiger partial charge on any atom is 0.329 e. The van der Waals surface area contributed by atoms with Gasteiger partial charge in [-0.05, 0) is 113 Å². The van der Waals surface area contributed by atoms with E-state index < -0.39 is 77.8 Å². The molecule has 15 nitrogen and oxygen atoms in total. The second-order valence-electron chi connectivity index (χ2n) is 20.5. The highest BCUT2D eigenvalue weighted by Crippen LogP contribution is 2.38. The summed E-state index contributed by atoms with van der Waals surface area (Å²) in [7, 11) is 4.61. The lowest BCUT2D eigenvalue weighted by molar-refractivity contribution is -0.265. The van der Waals surface area contributed by atoms with Crippen LogP contribution in [0.25, 0.3) is 0 Å². The molecule has 3 heterocycles. The van der Waals surface area contributed by atoms with Gasteiger partial charge >= 0.3 is 5.97 Å². The summed E-state index contributed by atoms with van der Waals surface area (Å²) in [6, 6.07) is -1.14. The molecule has 0 aromatic heterocycles. The highest BCUT2D eigenvalue weighted by atomic mass is 16.6. The Morgan fingerprint density at radius 1 is 0.855 bits per heavy atom. The fraction of sp³-hybridized carbons (Fsp3) is 0.759. The number of hydrogen-bond acceptors (Lipinski definition) is 14. The normalized spacial score (nSPS) is 38.8. The third kappa shape index (κ3) is 16.0. The van der Waals surface area contributed by atoms with Crippen LogP contribution in [0.5, 0.6) is 0 Å². The van der Waals surface area contributed by atoms with Gasteiger partial charge in [0.2, 0.25) is 5.79 Å². The van der Waals surface area contributed by atoms with E-state index in [1.165, 1.54) is 12.0 Å². The van der Waals surface area contributed by atoms with Crippen molar-refractivity contribution in [3.05, 3.63) is 47.6 Å². The standard InChI is InChI=1S/C54H85NO14/c1-33-17-12-11-13-18-34(2)45(64-8)31-41-22-20-39(7)54(63,69-41)51(60)52(61)55-24-15-14-19-42(55)53(62)68-46(36(4)29-40-21-23-44(47(30-40)65-9)67-26-16-25-56)32-43(57)35(3)28-38(6)49(59)50(66-10)48(58)37(5)27-33/h11-13,17-18,28,33,35-37,39-42,44-47,49-50,56,59,63H,14-16,19-27,29-32H2,1-10H3/b13-11+,17-12+,34-18+,38-28+/t33-,35-,36-,37-,39-,40+,41+,42+,44-,45?,46+,47-,49-,50?,54-/m1/s1. The van der Waals surface area contributed by atoms with Crippen LogP contribution in [-0.4, -0.2) is 145 Å². The molecule has 1 saturated carbocycles. The Kier molecular flexibility index (Phi) is 23.6. The van der Waals surface area contributed by atoms with Gasteiger partial charge < -0.3 is 48.6 Å². The number of nitrogens with zero attached hydrogens (tertiary/aromatic N) is 1. The molecule has 2 saturated heterocycles. The zero-order valence-electron chi connectivity index (χ0n) is 43.1. The number of allylic oxidation sites excluding steroid dienone is 6. The number of aliphatic hydroxyl groups is 3. The predicted molar refractivity (Wildman–Crippen MR) is 261 cm³/mol. The van der Waals surface area contributed by atoms with Crippen molar-refractivity contribution in [1.29, 1.82) is 0 Å². The number of amides is 1. The molecule has 4 aliphatic rings. The lowest BCUT2D eigenvalue weighted by Crippen LogP contribution is -2.61. The Morgan fingerprint density at radius 2 is 1.59 bits per heavy atom. The number of carbonyl (C=O) groups is 5. The van der Waals surface area contributed by atoms with Crippen LogP contribution in [0.3, 0.4) is 0 Å². The summed E-state index contributed by atoms with van der Waals surface area (Å²) in [5, 5.41) is 32.7. The molecular weight excluding hydrogens is 887 g/mol. The van der Waals surface area contributed by atoms with E-state index in [-0.39, 0.29) is 67.5 Å². The first-order valence-electron chi connectivity index (χ1n) is 25.5. The number of ketones is 3. The van der Waals surface area contributed by atoms with Gasteiger partial charge in [0.1, 0.15) is 30.1 Å². The van der Waals surface area contributed by atoms with E-state index >= 15 is 0 Å². The SMILES string of the molecule is COC1C[C@@H]2CC[C@@H](C)[C@@](O)(O2)C(=O)C(=O)N2CCCC[C@H]2C(=O)O[C@H]([C@H](C)C[C@@H]2CC[C@@H](OCCCO)[C@H](OC)C2)CC(=O)[C@H](C)/C=C(\C)[C@@H](O)C(OC)C(=O)[C@H](C)C[C@H](C)/C=C/C=C/C=C/1C. The molecule has 1 aliphatic carbocycles. The summed E-state index contributed by atoms with van der Waals surface area (Å²) >= 11 is 0. The molecule has 390 valence electrons. The molecule has 1 amide bonds. The molecule has 69 heavy (non-hydrogen) atoms. The molecule has 3 aliphatic heterocycles. The van der Waals surface area contributed by atoms with Gasteiger partial charge in [0.15, 0.2) is 5.78 Å². The van der Waals surface area contributed by atoms with E-state index in [4.69, 9.17) is 28.4 Å². The first kappa shape index (κ1) is 58.2. The second-order valence-corrected chi connectivity index (χ2v) is 20.5. The number of esters is 1. The molecule has 15 heteroatoms. The highest BCUT2D eigenvalue weighted by molar-refractivity contribution is 6.39. The lowest BCUT2D eigenvalue weighted by atomic mass is 9.78. The topological polar surface area (TPSA) is 205 Å². The lowest BCUT2D eigenvalue weighted by Gasteiger charge is -2.42. The zero-order chi connectivity index (χ0) is 51.0. The van der Waals surface area contributed by atoms with E-state index in [9.17, 15) is 39.3 Å². The Balaban J connectivity index is 1.69. The molecule has 0 radical (unpaired) electrons. The van der Waals surface area contributed by atoms with Crippen LogP contribution >= 0.6 is 0 Å². The van der Waals surface area contributed by atoms with Gasteiger partial charge in [0.25, 0.3) is 11.7 Å². The van der Waals surface area contributed by atoms with E-state index in [2.05, 4.69) is 0 Å². The number of piperidine rings is 1. The van der Waals surface area contributed by atoms with Crippen molar-refractivity contribution in [1.82, 2.24) is 4.90 Å². The molecule has 4 rings (SSSR count). The monoisotopic (exact) mass is 972 g/mol. The minimum atomic E-state index is -2.43. The average molecular weight is 972 g/mol. The average Bonchev–Trinajstić information content (AvgIpc) is 3.33. The van der Waals surface area contributed by atoms with Crippen LogP contribution in [0.1, 0.15) is 132 Å². The van der Waals surface area contributed by atoms with Crippen molar-refractivity contribution < 1.29 is 67.7 Å². The smallest absolute Gasteiger partial charge is 0.329 e. The number of rotatable bonds is 10. The van der Waals surface area contributed by atoms with E-state index in [0.29, 0.717) is 70.0 Å². The highest BCUT2D eigenvalue weighted by Gasteiger charge is 2.53. The van der Waals surface area contributed by atoms with Gasteiger partial charge in [-0.1, -0.05) is 71.1 Å². The van der Waals surface area contributed by atoms with Gasteiger partial charge in [-0.3, -0.25) is 19.2 Å². The maximum atomic E-state index is 14.5. The quantitative estimate of drug-likeness (QED) is 0.0916. The number of methoxy groups -OCH3 is 3. The van der Waals surface area contributed by atoms with Crippen molar-refractivity contribution in [3.63, 3.8) is 0 Å². The number of carbonyl (C=O) groups excluding carboxylic acids is 5. The molecule has 3 N–H and O–H groups in total. The second kappa shape index (κ2) is 28.0. The third-order valence-corrected chi connectivity index (χ3v) is 15.1. The minimum absolute atomic E-state index is 0.0163. The van der Waals surface area contributed by atoms with Crippen LogP contribution < -0.4 is 0 Å². The number of Topliss-reactive ketones (excluding diaryl/α,β-unsaturated/α-hetero) is 3. The van der Waals surface area contributed by atoms with Crippen LogP contribution in [0.2, 0.25) is 0 Å². The Bertz CT molecular complexity index is 1830. The van der Waals surface area contributed by atoms with E-state index in [1.807, 2.05) is 58.1 Å². The third-order valence-electron chi connectivity index (χ3n) is 15.1. The number of fused-ring (bicyclic) bond motifs is 3. The molecule has 2 bridgehead atoms. The zero-order valence-corrected chi connectivity index (χ0v) is 43.1. The summed E-state index contributed by atoms with van der Waals surface area (Å²) in [6.45, 7) is 13.3. The predicted octanol–water partition coefficient (Wildman–Crippen LogP) is 6.59. The maximum absolute atomic E-state index is 14.5. The van der Waals surface area contributed by atoms with Crippen molar-refractivity contribution in [3.8, 4) is 0 Å². The fourth-order valence-electron chi connectivity index (χ4n) is 10.6. The van der Waals surface area contributed by atoms with Crippen LogP contribution in [0, 0.1) is 35.5 Å².